The van der Waals surface area contributed by atoms with Crippen LogP contribution in [0.15, 0.2) is 11.0 Å². The maximum Gasteiger partial charge on any atom is 0.501 e. The largest absolute Gasteiger partial charge is 0.501 e. The van der Waals surface area contributed by atoms with E-state index < -0.39 is 26.2 Å². The lowest BCUT2D eigenvalue weighted by molar-refractivity contribution is -0.131. The van der Waals surface area contributed by atoms with E-state index in [1.54, 1.807) is 0 Å². The summed E-state index contributed by atoms with van der Waals surface area (Å²) in [5.41, 5.74) is -5.46. The van der Waals surface area contributed by atoms with Gasteiger partial charge in [0.05, 0.1) is 4.91 Å². The van der Waals surface area contributed by atoms with Crippen LogP contribution in [-0.2, 0) is 14.6 Å². The standard InChI is InChI=1S/C5H5F3O4S/c1-3(2-4(9)10)13(11,12)5(6,7)8/h2H,1H3,(H,9,10). The Hall–Kier alpha value is -1.05. The topological polar surface area (TPSA) is 71.4 Å². The highest BCUT2D eigenvalue weighted by molar-refractivity contribution is 7.96. The van der Waals surface area contributed by atoms with Gasteiger partial charge in [-0.15, -0.1) is 0 Å². The Kier molecular flexibility index (Phi) is 3.09. The molecule has 76 valence electrons. The molecular formula is C5H5F3O4S. The molecule has 0 saturated carbocycles. The minimum Gasteiger partial charge on any atom is -0.478 e. The van der Waals surface area contributed by atoms with Gasteiger partial charge in [-0.1, -0.05) is 0 Å². The SMILES string of the molecule is CC(=CC(=O)O)S(=O)(=O)C(F)(F)F. The van der Waals surface area contributed by atoms with E-state index in [0.717, 1.165) is 0 Å². The number of allylic oxidation sites excluding steroid dienone is 1. The van der Waals surface area contributed by atoms with Crippen LogP contribution >= 0.6 is 0 Å². The van der Waals surface area contributed by atoms with Gasteiger partial charge in [0.25, 0.3) is 9.84 Å². The van der Waals surface area contributed by atoms with Gasteiger partial charge in [0.1, 0.15) is 0 Å². The zero-order valence-electron chi connectivity index (χ0n) is 6.29. The molecule has 0 atom stereocenters. The summed E-state index contributed by atoms with van der Waals surface area (Å²) in [5.74, 6) is -1.75. The number of aliphatic carboxylic acids is 1. The Bertz CT molecular complexity index is 337. The van der Waals surface area contributed by atoms with E-state index in [-0.39, 0.29) is 6.08 Å². The molecule has 1 N–H and O–H groups in total. The number of halogens is 3. The Morgan fingerprint density at radius 1 is 1.38 bits per heavy atom. The van der Waals surface area contributed by atoms with Gasteiger partial charge in [0.15, 0.2) is 0 Å². The number of rotatable bonds is 2. The summed E-state index contributed by atoms with van der Waals surface area (Å²) in [6.45, 7) is 0.566. The van der Waals surface area contributed by atoms with Crippen LogP contribution in [0.4, 0.5) is 13.2 Å². The van der Waals surface area contributed by atoms with Gasteiger partial charge < -0.3 is 5.11 Å². The molecule has 0 bridgehead atoms. The van der Waals surface area contributed by atoms with Crippen molar-refractivity contribution in [1.82, 2.24) is 0 Å². The van der Waals surface area contributed by atoms with Crippen molar-refractivity contribution in [2.24, 2.45) is 0 Å². The van der Waals surface area contributed by atoms with Gasteiger partial charge >= 0.3 is 11.5 Å². The fourth-order valence-electron chi connectivity index (χ4n) is 0.434. The van der Waals surface area contributed by atoms with E-state index in [0.29, 0.717) is 6.92 Å². The van der Waals surface area contributed by atoms with Crippen molar-refractivity contribution < 1.29 is 31.5 Å². The number of carboxylic acid groups (broad SMARTS) is 1. The van der Waals surface area contributed by atoms with E-state index in [2.05, 4.69) is 0 Å². The molecule has 0 aromatic heterocycles. The highest BCUT2D eigenvalue weighted by atomic mass is 32.2. The zero-order chi connectivity index (χ0) is 10.9. The Morgan fingerprint density at radius 3 is 2.00 bits per heavy atom. The molecule has 8 heteroatoms. The fraction of sp³-hybridized carbons (Fsp3) is 0.400. The molecule has 0 aliphatic carbocycles. The highest BCUT2D eigenvalue weighted by Gasteiger charge is 2.46. The molecule has 0 aromatic rings. The number of alkyl halides is 3. The summed E-state index contributed by atoms with van der Waals surface area (Å²) < 4.78 is 56.0. The van der Waals surface area contributed by atoms with Crippen LogP contribution in [0.2, 0.25) is 0 Å². The molecule has 4 nitrogen and oxygen atoms in total. The van der Waals surface area contributed by atoms with E-state index in [1.807, 2.05) is 0 Å². The first-order valence-electron chi connectivity index (χ1n) is 2.81. The third-order valence-electron chi connectivity index (χ3n) is 1.06. The minimum absolute atomic E-state index is 0.0111. The normalized spacial score (nSPS) is 14.3. The van der Waals surface area contributed by atoms with Crippen LogP contribution in [0, 0.1) is 0 Å². The van der Waals surface area contributed by atoms with Gasteiger partial charge in [0, 0.05) is 6.08 Å². The van der Waals surface area contributed by atoms with Gasteiger partial charge in [-0.25, -0.2) is 13.2 Å². The van der Waals surface area contributed by atoms with Crippen molar-refractivity contribution in [3.8, 4) is 0 Å². The number of hydrogen-bond acceptors (Lipinski definition) is 3. The molecule has 0 aliphatic rings. The van der Waals surface area contributed by atoms with Crippen molar-refractivity contribution in [3.05, 3.63) is 11.0 Å². The molecule has 0 saturated heterocycles. The minimum atomic E-state index is -5.49. The van der Waals surface area contributed by atoms with Crippen LogP contribution in [0.25, 0.3) is 0 Å². The summed E-state index contributed by atoms with van der Waals surface area (Å²) in [6.07, 6.45) is -0.0111. The Balaban J connectivity index is 5.22. The fourth-order valence-corrected chi connectivity index (χ4v) is 1.06. The molecule has 0 fully saturated rings. The molecular weight excluding hydrogens is 213 g/mol. The van der Waals surface area contributed by atoms with Gasteiger partial charge in [0.2, 0.25) is 0 Å². The second-order valence-electron chi connectivity index (χ2n) is 2.04. The smallest absolute Gasteiger partial charge is 0.478 e. The number of carbonyl (C=O) groups is 1. The Morgan fingerprint density at radius 2 is 1.77 bits per heavy atom. The quantitative estimate of drug-likeness (QED) is 0.699. The lowest BCUT2D eigenvalue weighted by atomic mass is 10.5. The van der Waals surface area contributed by atoms with Crippen molar-refractivity contribution in [2.75, 3.05) is 0 Å². The third-order valence-corrected chi connectivity index (χ3v) is 2.63. The van der Waals surface area contributed by atoms with Crippen molar-refractivity contribution in [2.45, 2.75) is 12.4 Å². The third kappa shape index (κ3) is 2.72. The lowest BCUT2D eigenvalue weighted by Crippen LogP contribution is -2.24. The molecule has 0 heterocycles. The summed E-state index contributed by atoms with van der Waals surface area (Å²) in [5, 5.41) is 8.00. The summed E-state index contributed by atoms with van der Waals surface area (Å²) in [7, 11) is -5.49. The molecule has 13 heavy (non-hydrogen) atoms. The van der Waals surface area contributed by atoms with Crippen LogP contribution in [0.5, 0.6) is 0 Å². The maximum atomic E-state index is 11.7. The average molecular weight is 218 g/mol. The van der Waals surface area contributed by atoms with Crippen LogP contribution in [0.3, 0.4) is 0 Å². The number of hydrogen-bond donors (Lipinski definition) is 1. The lowest BCUT2D eigenvalue weighted by Gasteiger charge is -2.06. The van der Waals surface area contributed by atoms with Gasteiger partial charge in [-0.2, -0.15) is 13.2 Å². The zero-order valence-corrected chi connectivity index (χ0v) is 7.11. The predicted molar refractivity (Wildman–Crippen MR) is 36.4 cm³/mol. The van der Waals surface area contributed by atoms with Gasteiger partial charge in [-0.05, 0) is 6.92 Å². The monoisotopic (exact) mass is 218 g/mol. The molecule has 0 unspecified atom stereocenters. The first kappa shape index (κ1) is 11.9. The van der Waals surface area contributed by atoms with Crippen LogP contribution in [-0.4, -0.2) is 25.0 Å². The van der Waals surface area contributed by atoms with E-state index in [4.69, 9.17) is 5.11 Å². The van der Waals surface area contributed by atoms with E-state index in [9.17, 15) is 26.4 Å². The summed E-state index contributed by atoms with van der Waals surface area (Å²) in [6, 6.07) is 0. The van der Waals surface area contributed by atoms with Crippen molar-refractivity contribution in [3.63, 3.8) is 0 Å². The van der Waals surface area contributed by atoms with Crippen molar-refractivity contribution >= 4 is 15.8 Å². The summed E-state index contributed by atoms with van der Waals surface area (Å²) >= 11 is 0. The Labute approximate surface area is 71.6 Å². The second-order valence-corrected chi connectivity index (χ2v) is 4.16. The average Bonchev–Trinajstić information content (AvgIpc) is 1.82. The molecule has 0 radical (unpaired) electrons. The second kappa shape index (κ2) is 3.36. The molecule has 0 aliphatic heterocycles. The molecule has 0 rings (SSSR count). The van der Waals surface area contributed by atoms with Crippen LogP contribution in [0.1, 0.15) is 6.92 Å². The molecule has 0 spiro atoms. The number of sulfone groups is 1. The highest BCUT2D eigenvalue weighted by Crippen LogP contribution is 2.28. The predicted octanol–water partition coefficient (Wildman–Crippen LogP) is 0.909. The van der Waals surface area contributed by atoms with Gasteiger partial charge in [-0.3, -0.25) is 0 Å². The first-order chi connectivity index (χ1) is 5.59. The summed E-state index contributed by atoms with van der Waals surface area (Å²) in [4.78, 5) is 8.63. The van der Waals surface area contributed by atoms with E-state index >= 15 is 0 Å². The molecule has 0 amide bonds. The first-order valence-corrected chi connectivity index (χ1v) is 4.30. The van der Waals surface area contributed by atoms with Crippen molar-refractivity contribution in [1.29, 1.82) is 0 Å². The van der Waals surface area contributed by atoms with Crippen LogP contribution < -0.4 is 0 Å². The molecule has 0 aromatic carbocycles. The maximum absolute atomic E-state index is 11.7. The van der Waals surface area contributed by atoms with E-state index in [1.165, 1.54) is 0 Å². The number of carboxylic acids is 1.